The number of rotatable bonds is 6. The Kier molecular flexibility index (Phi) is 4.96. The zero-order valence-corrected chi connectivity index (χ0v) is 14.9. The largest absolute Gasteiger partial charge is 0.483 e. The highest BCUT2D eigenvalue weighted by Gasteiger charge is 2.35. The van der Waals surface area contributed by atoms with E-state index in [0.29, 0.717) is 29.5 Å². The van der Waals surface area contributed by atoms with E-state index in [9.17, 15) is 21.6 Å². The van der Waals surface area contributed by atoms with Crippen molar-refractivity contribution in [3.8, 4) is 16.9 Å². The van der Waals surface area contributed by atoms with Crippen molar-refractivity contribution in [1.29, 1.82) is 0 Å². The maximum Gasteiger partial charge on any atom is 0.422 e. The van der Waals surface area contributed by atoms with E-state index in [1.165, 1.54) is 6.07 Å². The van der Waals surface area contributed by atoms with Crippen LogP contribution in [-0.4, -0.2) is 31.4 Å². The van der Waals surface area contributed by atoms with Crippen LogP contribution in [0, 0.1) is 6.92 Å². The summed E-state index contributed by atoms with van der Waals surface area (Å²) in [6, 6.07) is 6.33. The molecule has 3 rings (SSSR count). The molecular formula is C18H18F3NO3S. The number of hydrogen-bond donors (Lipinski definition) is 0. The summed E-state index contributed by atoms with van der Waals surface area (Å²) < 4.78 is 67.2. The molecule has 2 aromatic rings. The second kappa shape index (κ2) is 6.90. The van der Waals surface area contributed by atoms with Crippen LogP contribution in [0.4, 0.5) is 13.2 Å². The SMILES string of the molecule is Cc1ccncc1-c1ccc(CS(=O)(=O)C2CC2)cc1OCC(F)(F)F. The van der Waals surface area contributed by atoms with Crippen molar-refractivity contribution in [3.05, 3.63) is 47.8 Å². The summed E-state index contributed by atoms with van der Waals surface area (Å²) >= 11 is 0. The fourth-order valence-corrected chi connectivity index (χ4v) is 4.42. The minimum Gasteiger partial charge on any atom is -0.483 e. The van der Waals surface area contributed by atoms with Crippen molar-refractivity contribution >= 4 is 9.84 Å². The van der Waals surface area contributed by atoms with Gasteiger partial charge in [0.05, 0.1) is 11.0 Å². The van der Waals surface area contributed by atoms with Gasteiger partial charge in [0.1, 0.15) is 5.75 Å². The van der Waals surface area contributed by atoms with E-state index in [-0.39, 0.29) is 16.8 Å². The first kappa shape index (κ1) is 18.7. The Bertz CT molecular complexity index is 906. The molecule has 1 aliphatic carbocycles. The van der Waals surface area contributed by atoms with Gasteiger partial charge in [-0.15, -0.1) is 0 Å². The molecule has 0 amide bonds. The summed E-state index contributed by atoms with van der Waals surface area (Å²) in [7, 11) is -3.28. The minimum atomic E-state index is -4.49. The number of hydrogen-bond acceptors (Lipinski definition) is 4. The molecule has 0 unspecified atom stereocenters. The van der Waals surface area contributed by atoms with E-state index in [1.54, 1.807) is 30.6 Å². The highest BCUT2D eigenvalue weighted by atomic mass is 32.2. The third-order valence-electron chi connectivity index (χ3n) is 4.17. The number of benzene rings is 1. The lowest BCUT2D eigenvalue weighted by Crippen LogP contribution is -2.19. The number of alkyl halides is 3. The fourth-order valence-electron chi connectivity index (χ4n) is 2.68. The zero-order valence-electron chi connectivity index (χ0n) is 14.1. The van der Waals surface area contributed by atoms with Gasteiger partial charge in [0.25, 0.3) is 0 Å². The normalized spacial score (nSPS) is 15.1. The van der Waals surface area contributed by atoms with Crippen molar-refractivity contribution in [2.45, 2.75) is 36.9 Å². The molecule has 140 valence electrons. The second-order valence-corrected chi connectivity index (χ2v) is 8.71. The number of aryl methyl sites for hydroxylation is 1. The minimum absolute atomic E-state index is 0.00178. The Hall–Kier alpha value is -2.09. The molecule has 1 aromatic heterocycles. The van der Waals surface area contributed by atoms with Crippen LogP contribution in [0.15, 0.2) is 36.7 Å². The summed E-state index contributed by atoms with van der Waals surface area (Å²) in [5.41, 5.74) is 2.34. The van der Waals surface area contributed by atoms with Gasteiger partial charge >= 0.3 is 6.18 Å². The van der Waals surface area contributed by atoms with Crippen LogP contribution in [0.5, 0.6) is 5.75 Å². The molecule has 1 heterocycles. The smallest absolute Gasteiger partial charge is 0.422 e. The predicted molar refractivity (Wildman–Crippen MR) is 91.6 cm³/mol. The molecule has 0 N–H and O–H groups in total. The molecule has 0 bridgehead atoms. The van der Waals surface area contributed by atoms with Crippen LogP contribution in [-0.2, 0) is 15.6 Å². The van der Waals surface area contributed by atoms with Gasteiger partial charge in [-0.25, -0.2) is 8.42 Å². The lowest BCUT2D eigenvalue weighted by molar-refractivity contribution is -0.153. The summed E-state index contributed by atoms with van der Waals surface area (Å²) in [4.78, 5) is 4.01. The van der Waals surface area contributed by atoms with Crippen molar-refractivity contribution in [2.24, 2.45) is 0 Å². The molecule has 1 saturated carbocycles. The van der Waals surface area contributed by atoms with Crippen LogP contribution in [0.3, 0.4) is 0 Å². The standard InChI is InChI=1S/C18H18F3NO3S/c1-12-6-7-22-9-16(12)15-5-2-13(10-26(23,24)14-3-4-14)8-17(15)25-11-18(19,20)21/h2,5-9,14H,3-4,10-11H2,1H3. The summed E-state index contributed by atoms with van der Waals surface area (Å²) in [6.45, 7) is 0.369. The highest BCUT2D eigenvalue weighted by molar-refractivity contribution is 7.91. The number of halogens is 3. The molecule has 1 aliphatic rings. The Balaban J connectivity index is 1.96. The average Bonchev–Trinajstić information content (AvgIpc) is 3.38. The first-order valence-corrected chi connectivity index (χ1v) is 9.82. The van der Waals surface area contributed by atoms with Crippen LogP contribution in [0.1, 0.15) is 24.0 Å². The maximum absolute atomic E-state index is 12.6. The summed E-state index contributed by atoms with van der Waals surface area (Å²) in [5.74, 6) is -0.200. The van der Waals surface area contributed by atoms with Gasteiger partial charge in [0.2, 0.25) is 0 Å². The van der Waals surface area contributed by atoms with Gasteiger partial charge in [-0.2, -0.15) is 13.2 Å². The number of ether oxygens (including phenoxy) is 1. The Morgan fingerprint density at radius 1 is 1.19 bits per heavy atom. The summed E-state index contributed by atoms with van der Waals surface area (Å²) in [6.07, 6.45) is -0.0613. The molecule has 4 nitrogen and oxygen atoms in total. The van der Waals surface area contributed by atoms with E-state index in [0.717, 1.165) is 5.56 Å². The second-order valence-electron chi connectivity index (χ2n) is 6.43. The van der Waals surface area contributed by atoms with E-state index in [2.05, 4.69) is 4.98 Å². The molecule has 1 fully saturated rings. The van der Waals surface area contributed by atoms with Gasteiger partial charge in [-0.1, -0.05) is 12.1 Å². The Morgan fingerprint density at radius 3 is 2.54 bits per heavy atom. The predicted octanol–water partition coefficient (Wildman–Crippen LogP) is 4.08. The maximum atomic E-state index is 12.6. The van der Waals surface area contributed by atoms with Crippen LogP contribution < -0.4 is 4.74 Å². The van der Waals surface area contributed by atoms with Crippen LogP contribution in [0.25, 0.3) is 11.1 Å². The molecule has 0 radical (unpaired) electrons. The molecule has 26 heavy (non-hydrogen) atoms. The molecular weight excluding hydrogens is 367 g/mol. The highest BCUT2D eigenvalue weighted by Crippen LogP contribution is 2.36. The number of sulfone groups is 1. The lowest BCUT2D eigenvalue weighted by atomic mass is 10.0. The zero-order chi connectivity index (χ0) is 18.9. The van der Waals surface area contributed by atoms with E-state index in [1.807, 2.05) is 6.92 Å². The number of pyridine rings is 1. The van der Waals surface area contributed by atoms with E-state index < -0.39 is 22.6 Å². The molecule has 0 spiro atoms. The quantitative estimate of drug-likeness (QED) is 0.752. The topological polar surface area (TPSA) is 56.3 Å². The molecule has 8 heteroatoms. The molecule has 0 atom stereocenters. The van der Waals surface area contributed by atoms with Crippen molar-refractivity contribution in [2.75, 3.05) is 6.61 Å². The summed E-state index contributed by atoms with van der Waals surface area (Å²) in [5, 5.41) is -0.331. The van der Waals surface area contributed by atoms with Crippen molar-refractivity contribution in [3.63, 3.8) is 0 Å². The van der Waals surface area contributed by atoms with Gasteiger partial charge < -0.3 is 4.74 Å². The van der Waals surface area contributed by atoms with Gasteiger partial charge in [0.15, 0.2) is 16.4 Å². The third kappa shape index (κ3) is 4.55. The van der Waals surface area contributed by atoms with Crippen molar-refractivity contribution in [1.82, 2.24) is 4.98 Å². The first-order chi connectivity index (χ1) is 12.2. The molecule has 0 aliphatic heterocycles. The van der Waals surface area contributed by atoms with Gasteiger partial charge in [-0.05, 0) is 43.0 Å². The van der Waals surface area contributed by atoms with Gasteiger partial charge in [-0.3, -0.25) is 4.98 Å². The van der Waals surface area contributed by atoms with E-state index >= 15 is 0 Å². The van der Waals surface area contributed by atoms with Crippen molar-refractivity contribution < 1.29 is 26.3 Å². The Morgan fingerprint density at radius 2 is 1.92 bits per heavy atom. The van der Waals surface area contributed by atoms with E-state index in [4.69, 9.17) is 4.74 Å². The third-order valence-corrected chi connectivity index (χ3v) is 6.39. The first-order valence-electron chi connectivity index (χ1n) is 8.11. The molecule has 1 aromatic carbocycles. The number of nitrogens with zero attached hydrogens (tertiary/aromatic N) is 1. The van der Waals surface area contributed by atoms with Crippen LogP contribution >= 0.6 is 0 Å². The Labute approximate surface area is 149 Å². The monoisotopic (exact) mass is 385 g/mol. The van der Waals surface area contributed by atoms with Gasteiger partial charge in [0, 0.05) is 23.5 Å². The lowest BCUT2D eigenvalue weighted by Gasteiger charge is -2.16. The fraction of sp³-hybridized carbons (Fsp3) is 0.389. The average molecular weight is 385 g/mol. The molecule has 0 saturated heterocycles. The van der Waals surface area contributed by atoms with Crippen LogP contribution in [0.2, 0.25) is 0 Å². The number of aromatic nitrogens is 1.